The SMILES string of the molecule is C.CC1CC2C=CC1C2.CC1CC2C=CC1C2.CC1CC2C=CC1C2.CC1CC2C=CC1C2. The Morgan fingerprint density at radius 1 is 0.333 bits per heavy atom. The lowest BCUT2D eigenvalue weighted by Gasteiger charge is -2.09. The van der Waals surface area contributed by atoms with Crippen molar-refractivity contribution in [1.82, 2.24) is 0 Å². The van der Waals surface area contributed by atoms with E-state index in [-0.39, 0.29) is 7.43 Å². The normalized spacial score (nSPS) is 49.3. The van der Waals surface area contributed by atoms with Crippen LogP contribution in [0.15, 0.2) is 48.6 Å². The second-order valence-electron chi connectivity index (χ2n) is 13.0. The lowest BCUT2D eigenvalue weighted by atomic mass is 9.96. The molecule has 0 nitrogen and oxygen atoms in total. The molecular formula is C33H52. The van der Waals surface area contributed by atoms with E-state index in [4.69, 9.17) is 0 Å². The van der Waals surface area contributed by atoms with Crippen molar-refractivity contribution in [2.45, 2.75) is 86.5 Å². The van der Waals surface area contributed by atoms with Crippen molar-refractivity contribution in [1.29, 1.82) is 0 Å². The van der Waals surface area contributed by atoms with Crippen LogP contribution in [-0.2, 0) is 0 Å². The van der Waals surface area contributed by atoms with Gasteiger partial charge in [-0.3, -0.25) is 0 Å². The molecule has 0 heteroatoms. The third-order valence-corrected chi connectivity index (χ3v) is 10.4. The molecule has 8 rings (SSSR count). The Morgan fingerprint density at radius 2 is 0.545 bits per heavy atom. The van der Waals surface area contributed by atoms with Crippen LogP contribution in [0.5, 0.6) is 0 Å². The number of allylic oxidation sites excluding steroid dienone is 8. The van der Waals surface area contributed by atoms with Gasteiger partial charge in [0.25, 0.3) is 0 Å². The fourth-order valence-electron chi connectivity index (χ4n) is 8.22. The van der Waals surface area contributed by atoms with Crippen LogP contribution >= 0.6 is 0 Å². The zero-order valence-corrected chi connectivity index (χ0v) is 21.2. The number of hydrogen-bond donors (Lipinski definition) is 0. The number of fused-ring (bicyclic) bond motifs is 8. The van der Waals surface area contributed by atoms with Crippen molar-refractivity contribution in [3.63, 3.8) is 0 Å². The van der Waals surface area contributed by atoms with E-state index in [1.807, 2.05) is 0 Å². The minimum absolute atomic E-state index is 0. The second-order valence-corrected chi connectivity index (χ2v) is 13.0. The molecule has 0 heterocycles. The largest absolute Gasteiger partial charge is 0.0851 e. The highest BCUT2D eigenvalue weighted by atomic mass is 14.4. The highest BCUT2D eigenvalue weighted by molar-refractivity contribution is 5.11. The number of rotatable bonds is 0. The summed E-state index contributed by atoms with van der Waals surface area (Å²) in [6.45, 7) is 9.48. The van der Waals surface area contributed by atoms with Gasteiger partial charge in [-0.1, -0.05) is 83.7 Å². The van der Waals surface area contributed by atoms with Crippen LogP contribution < -0.4 is 0 Å². The van der Waals surface area contributed by atoms with E-state index in [0.717, 1.165) is 71.0 Å². The van der Waals surface area contributed by atoms with Crippen LogP contribution in [-0.4, -0.2) is 0 Å². The maximum Gasteiger partial charge on any atom is -0.0202 e. The molecule has 8 bridgehead atoms. The molecular weight excluding hydrogens is 396 g/mol. The summed E-state index contributed by atoms with van der Waals surface area (Å²) in [4.78, 5) is 0. The molecule has 4 saturated carbocycles. The van der Waals surface area contributed by atoms with Crippen LogP contribution in [0.3, 0.4) is 0 Å². The zero-order valence-electron chi connectivity index (χ0n) is 21.2. The highest BCUT2D eigenvalue weighted by Gasteiger charge is 2.34. The Kier molecular flexibility index (Phi) is 8.13. The second kappa shape index (κ2) is 10.7. The third-order valence-electron chi connectivity index (χ3n) is 10.4. The molecule has 4 fully saturated rings. The zero-order chi connectivity index (χ0) is 22.2. The van der Waals surface area contributed by atoms with Gasteiger partial charge in [-0.05, 0) is 122 Å². The van der Waals surface area contributed by atoms with E-state index in [2.05, 4.69) is 76.3 Å². The van der Waals surface area contributed by atoms with Crippen molar-refractivity contribution in [3.8, 4) is 0 Å². The molecule has 33 heavy (non-hydrogen) atoms. The molecule has 0 amide bonds. The van der Waals surface area contributed by atoms with Crippen LogP contribution in [0.25, 0.3) is 0 Å². The molecule has 0 saturated heterocycles. The fourth-order valence-corrected chi connectivity index (χ4v) is 8.22. The molecule has 12 unspecified atom stereocenters. The first-order chi connectivity index (χ1) is 15.4. The summed E-state index contributed by atoms with van der Waals surface area (Å²) in [5, 5.41) is 0. The molecule has 8 aliphatic carbocycles. The van der Waals surface area contributed by atoms with Crippen molar-refractivity contribution in [2.75, 3.05) is 0 Å². The van der Waals surface area contributed by atoms with Crippen LogP contribution in [0.2, 0.25) is 0 Å². The van der Waals surface area contributed by atoms with Gasteiger partial charge >= 0.3 is 0 Å². The fraction of sp³-hybridized carbons (Fsp3) is 0.758. The first-order valence-corrected chi connectivity index (χ1v) is 14.2. The Bertz CT molecular complexity index is 624. The molecule has 0 radical (unpaired) electrons. The Morgan fingerprint density at radius 3 is 0.606 bits per heavy atom. The molecule has 184 valence electrons. The van der Waals surface area contributed by atoms with Crippen molar-refractivity contribution < 1.29 is 0 Å². The minimum Gasteiger partial charge on any atom is -0.0851 e. The summed E-state index contributed by atoms with van der Waals surface area (Å²) >= 11 is 0. The monoisotopic (exact) mass is 448 g/mol. The quantitative estimate of drug-likeness (QED) is 0.324. The number of hydrogen-bond acceptors (Lipinski definition) is 0. The molecule has 8 aliphatic rings. The predicted molar refractivity (Wildman–Crippen MR) is 145 cm³/mol. The Labute approximate surface area is 206 Å². The van der Waals surface area contributed by atoms with E-state index < -0.39 is 0 Å². The summed E-state index contributed by atoms with van der Waals surface area (Å²) in [6, 6.07) is 0. The van der Waals surface area contributed by atoms with Gasteiger partial charge < -0.3 is 0 Å². The van der Waals surface area contributed by atoms with Gasteiger partial charge in [-0.15, -0.1) is 0 Å². The van der Waals surface area contributed by atoms with E-state index in [1.54, 1.807) is 0 Å². The average molecular weight is 449 g/mol. The van der Waals surface area contributed by atoms with Crippen molar-refractivity contribution in [2.24, 2.45) is 71.0 Å². The third kappa shape index (κ3) is 5.79. The standard InChI is InChI=1S/4C8H12.CH4/c4*1-6-4-7-2-3-8(6)5-7;/h4*2-3,6-8H,4-5H2,1H3;1H4. The van der Waals surface area contributed by atoms with Crippen LogP contribution in [0.1, 0.15) is 86.5 Å². The minimum atomic E-state index is 0. The topological polar surface area (TPSA) is 0 Å². The Hall–Kier alpha value is -1.04. The van der Waals surface area contributed by atoms with Gasteiger partial charge in [-0.2, -0.15) is 0 Å². The lowest BCUT2D eigenvalue weighted by Crippen LogP contribution is -1.99. The van der Waals surface area contributed by atoms with Gasteiger partial charge in [0, 0.05) is 0 Å². The smallest absolute Gasteiger partial charge is 0.0202 e. The average Bonchev–Trinajstić information content (AvgIpc) is 3.61. The van der Waals surface area contributed by atoms with Crippen LogP contribution in [0, 0.1) is 71.0 Å². The summed E-state index contributed by atoms with van der Waals surface area (Å²) in [5.41, 5.74) is 0. The predicted octanol–water partition coefficient (Wildman–Crippen LogP) is 9.51. The first kappa shape index (κ1) is 25.1. The maximum absolute atomic E-state index is 2.40. The van der Waals surface area contributed by atoms with E-state index in [1.165, 1.54) is 51.4 Å². The molecule has 0 aliphatic heterocycles. The van der Waals surface area contributed by atoms with E-state index >= 15 is 0 Å². The van der Waals surface area contributed by atoms with Crippen molar-refractivity contribution >= 4 is 0 Å². The van der Waals surface area contributed by atoms with Gasteiger partial charge in [0.15, 0.2) is 0 Å². The Balaban J connectivity index is 0.000000104. The van der Waals surface area contributed by atoms with Gasteiger partial charge in [0.1, 0.15) is 0 Å². The van der Waals surface area contributed by atoms with Gasteiger partial charge in [0.2, 0.25) is 0 Å². The molecule has 0 aromatic carbocycles. The molecule has 12 atom stereocenters. The maximum atomic E-state index is 2.40. The van der Waals surface area contributed by atoms with Gasteiger partial charge in [0.05, 0.1) is 0 Å². The summed E-state index contributed by atoms with van der Waals surface area (Å²) in [6.07, 6.45) is 30.9. The summed E-state index contributed by atoms with van der Waals surface area (Å²) in [7, 11) is 0. The van der Waals surface area contributed by atoms with Crippen molar-refractivity contribution in [3.05, 3.63) is 48.6 Å². The molecule has 0 spiro atoms. The van der Waals surface area contributed by atoms with Gasteiger partial charge in [-0.25, -0.2) is 0 Å². The molecule has 0 N–H and O–H groups in total. The van der Waals surface area contributed by atoms with Crippen LogP contribution in [0.4, 0.5) is 0 Å². The summed E-state index contributed by atoms with van der Waals surface area (Å²) < 4.78 is 0. The highest BCUT2D eigenvalue weighted by Crippen LogP contribution is 2.44. The first-order valence-electron chi connectivity index (χ1n) is 14.2. The van der Waals surface area contributed by atoms with E-state index in [0.29, 0.717) is 0 Å². The molecule has 0 aromatic rings. The lowest BCUT2D eigenvalue weighted by molar-refractivity contribution is 0.493. The summed E-state index contributed by atoms with van der Waals surface area (Å²) in [5.74, 6) is 11.7. The van der Waals surface area contributed by atoms with E-state index in [9.17, 15) is 0 Å². The molecule has 0 aromatic heterocycles.